The number of benzene rings is 1. The Balaban J connectivity index is 1.30. The number of carbonyl (C=O) groups is 1. The molecular weight excluding hydrogens is 447 g/mol. The van der Waals surface area contributed by atoms with E-state index in [-0.39, 0.29) is 17.9 Å². The molecule has 0 atom stereocenters. The zero-order chi connectivity index (χ0) is 24.1. The highest BCUT2D eigenvalue weighted by Crippen LogP contribution is 2.35. The van der Waals surface area contributed by atoms with E-state index in [1.807, 2.05) is 4.90 Å². The van der Waals surface area contributed by atoms with Gasteiger partial charge in [0.15, 0.2) is 0 Å². The predicted molar refractivity (Wildman–Crippen MR) is 120 cm³/mol. The van der Waals surface area contributed by atoms with Gasteiger partial charge in [-0.05, 0) is 69.1 Å². The van der Waals surface area contributed by atoms with Crippen molar-refractivity contribution in [2.75, 3.05) is 36.4 Å². The monoisotopic (exact) mass is 473 g/mol. The minimum atomic E-state index is -4.60. The fraction of sp³-hybridized carbons (Fsp3) is 0.458. The lowest BCUT2D eigenvalue weighted by molar-refractivity contribution is -0.137. The third-order valence-corrected chi connectivity index (χ3v) is 6.24. The number of halogens is 3. The highest BCUT2D eigenvalue weighted by molar-refractivity contribution is 5.91. The highest BCUT2D eigenvalue weighted by atomic mass is 19.4. The molecule has 1 aromatic heterocycles. The van der Waals surface area contributed by atoms with Crippen LogP contribution in [0.2, 0.25) is 0 Å². The van der Waals surface area contributed by atoms with Gasteiger partial charge < -0.3 is 20.3 Å². The number of piperidine rings is 2. The third-order valence-electron chi connectivity index (χ3n) is 6.24. The van der Waals surface area contributed by atoms with Crippen molar-refractivity contribution in [3.05, 3.63) is 47.7 Å². The van der Waals surface area contributed by atoms with Gasteiger partial charge >= 0.3 is 6.18 Å². The van der Waals surface area contributed by atoms with E-state index in [0.717, 1.165) is 32.0 Å². The molecule has 3 heterocycles. The summed E-state index contributed by atoms with van der Waals surface area (Å²) in [7, 11) is 0. The number of ether oxygens (including phenoxy) is 1. The number of hydrogen-bond donors (Lipinski definition) is 2. The summed E-state index contributed by atoms with van der Waals surface area (Å²) in [4.78, 5) is 18.8. The Morgan fingerprint density at radius 1 is 1.15 bits per heavy atom. The number of pyridine rings is 1. The summed E-state index contributed by atoms with van der Waals surface area (Å²) < 4.78 is 45.7. The van der Waals surface area contributed by atoms with Crippen LogP contribution in [0.3, 0.4) is 0 Å². The summed E-state index contributed by atoms with van der Waals surface area (Å²) >= 11 is 0. The van der Waals surface area contributed by atoms with Crippen LogP contribution >= 0.6 is 0 Å². The molecule has 10 heteroatoms. The van der Waals surface area contributed by atoms with Gasteiger partial charge in [-0.15, -0.1) is 0 Å². The maximum absolute atomic E-state index is 13.3. The van der Waals surface area contributed by atoms with Gasteiger partial charge in [0.2, 0.25) is 5.91 Å². The summed E-state index contributed by atoms with van der Waals surface area (Å²) in [5.41, 5.74) is -0.938. The molecule has 2 aliphatic rings. The van der Waals surface area contributed by atoms with Gasteiger partial charge in [0, 0.05) is 24.7 Å². The molecule has 4 rings (SSSR count). The number of aromatic nitrogens is 1. The van der Waals surface area contributed by atoms with Crippen molar-refractivity contribution in [1.82, 2.24) is 10.3 Å². The Morgan fingerprint density at radius 2 is 1.88 bits per heavy atom. The van der Waals surface area contributed by atoms with E-state index in [1.54, 1.807) is 24.4 Å². The lowest BCUT2D eigenvalue weighted by atomic mass is 9.95. The van der Waals surface area contributed by atoms with Crippen molar-refractivity contribution in [2.45, 2.75) is 38.0 Å². The van der Waals surface area contributed by atoms with Crippen molar-refractivity contribution < 1.29 is 22.7 Å². The Bertz CT molecular complexity index is 1040. The van der Waals surface area contributed by atoms with Crippen molar-refractivity contribution in [1.29, 1.82) is 5.26 Å². The van der Waals surface area contributed by atoms with Crippen LogP contribution < -0.4 is 20.3 Å². The average Bonchev–Trinajstić information content (AvgIpc) is 2.85. The molecule has 2 aliphatic heterocycles. The fourth-order valence-electron chi connectivity index (χ4n) is 4.32. The molecule has 34 heavy (non-hydrogen) atoms. The standard InChI is InChI=1S/C24H26F3N5O2/c25-24(26,27)21-13-18(2-1-17(21)14-28)32-11-7-16(8-12-32)23(33)31-22-4-3-20(15-30-22)34-19-5-9-29-10-6-19/h1-4,13,15-16,19,29H,5-12H2,(H,30,31,33). The van der Waals surface area contributed by atoms with E-state index in [9.17, 15) is 18.0 Å². The van der Waals surface area contributed by atoms with E-state index < -0.39 is 17.3 Å². The van der Waals surface area contributed by atoms with Crippen LogP contribution in [0.5, 0.6) is 5.75 Å². The minimum absolute atomic E-state index is 0.157. The molecule has 0 unspecified atom stereocenters. The van der Waals surface area contributed by atoms with Crippen LogP contribution in [0, 0.1) is 17.2 Å². The third kappa shape index (κ3) is 5.78. The van der Waals surface area contributed by atoms with Crippen molar-refractivity contribution in [3.63, 3.8) is 0 Å². The maximum Gasteiger partial charge on any atom is 0.417 e. The molecule has 0 spiro atoms. The smallest absolute Gasteiger partial charge is 0.417 e. The second kappa shape index (κ2) is 10.3. The number of nitrogens with zero attached hydrogens (tertiary/aromatic N) is 3. The molecule has 2 saturated heterocycles. The number of nitriles is 1. The van der Waals surface area contributed by atoms with Crippen LogP contribution in [0.4, 0.5) is 24.7 Å². The molecule has 2 fully saturated rings. The molecule has 0 bridgehead atoms. The first-order chi connectivity index (χ1) is 16.3. The maximum atomic E-state index is 13.3. The first-order valence-electron chi connectivity index (χ1n) is 11.3. The van der Waals surface area contributed by atoms with Crippen LogP contribution in [-0.4, -0.2) is 43.2 Å². The summed E-state index contributed by atoms with van der Waals surface area (Å²) in [6, 6.07) is 8.81. The normalized spacial score (nSPS) is 17.8. The molecule has 0 radical (unpaired) electrons. The quantitative estimate of drug-likeness (QED) is 0.683. The largest absolute Gasteiger partial charge is 0.489 e. The van der Waals surface area contributed by atoms with Gasteiger partial charge in [0.05, 0.1) is 23.4 Å². The SMILES string of the molecule is N#Cc1ccc(N2CCC(C(=O)Nc3ccc(OC4CCNCC4)cn3)CC2)cc1C(F)(F)F. The molecule has 0 aliphatic carbocycles. The molecule has 0 saturated carbocycles. The molecule has 180 valence electrons. The van der Waals surface area contributed by atoms with Crippen molar-refractivity contribution in [3.8, 4) is 11.8 Å². The molecule has 1 aromatic carbocycles. The topological polar surface area (TPSA) is 90.3 Å². The van der Waals surface area contributed by atoms with Crippen LogP contribution in [0.15, 0.2) is 36.5 Å². The van der Waals surface area contributed by atoms with Crippen LogP contribution in [-0.2, 0) is 11.0 Å². The van der Waals surface area contributed by atoms with Gasteiger partial charge in [-0.2, -0.15) is 18.4 Å². The highest BCUT2D eigenvalue weighted by Gasteiger charge is 2.35. The zero-order valence-electron chi connectivity index (χ0n) is 18.6. The lowest BCUT2D eigenvalue weighted by Gasteiger charge is -2.33. The van der Waals surface area contributed by atoms with E-state index in [4.69, 9.17) is 10.00 Å². The van der Waals surface area contributed by atoms with Gasteiger partial charge in [0.1, 0.15) is 17.7 Å². The van der Waals surface area contributed by atoms with Crippen molar-refractivity contribution in [2.24, 2.45) is 5.92 Å². The average molecular weight is 473 g/mol. The van der Waals surface area contributed by atoms with E-state index >= 15 is 0 Å². The van der Waals surface area contributed by atoms with Gasteiger partial charge in [-0.25, -0.2) is 4.98 Å². The summed E-state index contributed by atoms with van der Waals surface area (Å²) in [5, 5.41) is 15.1. The number of anilines is 2. The first-order valence-corrected chi connectivity index (χ1v) is 11.3. The molecule has 7 nitrogen and oxygen atoms in total. The van der Waals surface area contributed by atoms with Crippen LogP contribution in [0.25, 0.3) is 0 Å². The Morgan fingerprint density at radius 3 is 2.50 bits per heavy atom. The summed E-state index contributed by atoms with van der Waals surface area (Å²) in [6.45, 7) is 2.74. The first kappa shape index (κ1) is 23.8. The molecular formula is C24H26F3N5O2. The summed E-state index contributed by atoms with van der Waals surface area (Å²) in [6.07, 6.45) is 0.0591. The Labute approximate surface area is 195 Å². The number of carbonyl (C=O) groups excluding carboxylic acids is 1. The number of hydrogen-bond acceptors (Lipinski definition) is 6. The van der Waals surface area contributed by atoms with E-state index in [1.165, 1.54) is 12.1 Å². The Hall–Kier alpha value is -3.32. The number of alkyl halides is 3. The predicted octanol–water partition coefficient (Wildman–Crippen LogP) is 3.96. The lowest BCUT2D eigenvalue weighted by Crippen LogP contribution is -2.38. The van der Waals surface area contributed by atoms with E-state index in [0.29, 0.717) is 43.2 Å². The van der Waals surface area contributed by atoms with E-state index in [2.05, 4.69) is 15.6 Å². The van der Waals surface area contributed by atoms with Gasteiger partial charge in [-0.3, -0.25) is 4.79 Å². The second-order valence-electron chi connectivity index (χ2n) is 8.54. The number of nitrogens with one attached hydrogen (secondary N) is 2. The fourth-order valence-corrected chi connectivity index (χ4v) is 4.32. The zero-order valence-corrected chi connectivity index (χ0v) is 18.6. The number of rotatable bonds is 5. The Kier molecular flexibility index (Phi) is 7.22. The molecule has 1 amide bonds. The molecule has 2 aromatic rings. The molecule has 2 N–H and O–H groups in total. The van der Waals surface area contributed by atoms with Gasteiger partial charge in [0.25, 0.3) is 0 Å². The van der Waals surface area contributed by atoms with Crippen LogP contribution in [0.1, 0.15) is 36.8 Å². The van der Waals surface area contributed by atoms with Crippen molar-refractivity contribution >= 4 is 17.4 Å². The number of amides is 1. The summed E-state index contributed by atoms with van der Waals surface area (Å²) in [5.74, 6) is 0.685. The minimum Gasteiger partial charge on any atom is -0.489 e. The second-order valence-corrected chi connectivity index (χ2v) is 8.54. The van der Waals surface area contributed by atoms with Gasteiger partial charge in [-0.1, -0.05) is 0 Å².